The van der Waals surface area contributed by atoms with Crippen molar-refractivity contribution in [3.05, 3.63) is 35.6 Å². The molecule has 0 aromatic heterocycles. The third-order valence-electron chi connectivity index (χ3n) is 3.14. The molecular weight excluding hydrogens is 221 g/mol. The van der Waals surface area contributed by atoms with Crippen molar-refractivity contribution in [2.24, 2.45) is 4.99 Å². The molecule has 2 heterocycles. The molecule has 1 saturated heterocycles. The van der Waals surface area contributed by atoms with Crippen LogP contribution in [0.2, 0.25) is 0 Å². The summed E-state index contributed by atoms with van der Waals surface area (Å²) in [6.45, 7) is 1.50. The first-order valence-electron chi connectivity index (χ1n) is 5.58. The van der Waals surface area contributed by atoms with Gasteiger partial charge in [-0.3, -0.25) is 4.79 Å². The van der Waals surface area contributed by atoms with E-state index in [-0.39, 0.29) is 11.7 Å². The third-order valence-corrected chi connectivity index (χ3v) is 3.14. The minimum absolute atomic E-state index is 0.180. The molecule has 0 aliphatic carbocycles. The average molecular weight is 233 g/mol. The van der Waals surface area contributed by atoms with Crippen LogP contribution in [0.4, 0.5) is 4.39 Å². The highest BCUT2D eigenvalue weighted by molar-refractivity contribution is 6.46. The largest absolute Gasteiger partial charge is 0.325 e. The van der Waals surface area contributed by atoms with Crippen LogP contribution in [0.5, 0.6) is 0 Å². The lowest BCUT2D eigenvalue weighted by Crippen LogP contribution is -2.44. The number of rotatable bonds is 1. The molecule has 1 fully saturated rings. The van der Waals surface area contributed by atoms with Gasteiger partial charge in [0.15, 0.2) is 0 Å². The molecule has 1 aromatic rings. The van der Waals surface area contributed by atoms with Crippen LogP contribution in [0.3, 0.4) is 0 Å². The zero-order chi connectivity index (χ0) is 11.9. The Balaban J connectivity index is 1.97. The predicted molar refractivity (Wildman–Crippen MR) is 61.3 cm³/mol. The third kappa shape index (κ3) is 1.72. The van der Waals surface area contributed by atoms with E-state index in [9.17, 15) is 9.18 Å². The Labute approximate surface area is 97.9 Å². The summed E-state index contributed by atoms with van der Waals surface area (Å²) in [5.41, 5.74) is 0.572. The van der Waals surface area contributed by atoms with Gasteiger partial charge in [-0.15, -0.1) is 0 Å². The van der Waals surface area contributed by atoms with Crippen LogP contribution >= 0.6 is 0 Å². The Morgan fingerprint density at radius 1 is 1.29 bits per heavy atom. The number of carbonyl (C=O) groups excluding carboxylic acids is 1. The molecule has 0 unspecified atom stereocenters. The summed E-state index contributed by atoms with van der Waals surface area (Å²) in [6, 6.07) is 5.83. The number of nitrogens with zero attached hydrogens (tertiary/aromatic N) is 1. The molecule has 3 rings (SSSR count). The second kappa shape index (κ2) is 3.63. The number of hydrogen-bond donors (Lipinski definition) is 2. The monoisotopic (exact) mass is 233 g/mol. The second-order valence-electron chi connectivity index (χ2n) is 4.38. The first-order valence-corrected chi connectivity index (χ1v) is 5.58. The zero-order valence-corrected chi connectivity index (χ0v) is 9.16. The topological polar surface area (TPSA) is 53.5 Å². The highest BCUT2D eigenvalue weighted by Crippen LogP contribution is 2.23. The molecule has 1 atom stereocenters. The quantitative estimate of drug-likeness (QED) is 0.739. The molecular formula is C12H12FN3O. The maximum atomic E-state index is 12.8. The Bertz CT molecular complexity index is 489. The van der Waals surface area contributed by atoms with E-state index >= 15 is 0 Å². The van der Waals surface area contributed by atoms with Gasteiger partial charge in [0.25, 0.3) is 5.91 Å². The van der Waals surface area contributed by atoms with E-state index < -0.39 is 5.66 Å². The number of carbonyl (C=O) groups is 1. The van der Waals surface area contributed by atoms with Gasteiger partial charge < -0.3 is 10.6 Å². The molecule has 5 heteroatoms. The minimum Gasteiger partial charge on any atom is -0.325 e. The van der Waals surface area contributed by atoms with Crippen molar-refractivity contribution in [3.8, 4) is 0 Å². The maximum absolute atomic E-state index is 12.8. The summed E-state index contributed by atoms with van der Waals surface area (Å²) in [5, 5.41) is 6.07. The maximum Gasteiger partial charge on any atom is 0.272 e. The van der Waals surface area contributed by atoms with Crippen LogP contribution in [-0.4, -0.2) is 30.4 Å². The fraction of sp³-hybridized carbons (Fsp3) is 0.333. The molecule has 0 radical (unpaired) electrons. The Kier molecular flexibility index (Phi) is 2.22. The van der Waals surface area contributed by atoms with Gasteiger partial charge in [-0.2, -0.15) is 0 Å². The van der Waals surface area contributed by atoms with E-state index in [1.165, 1.54) is 12.1 Å². The molecule has 2 aliphatic heterocycles. The number of hydrogen-bond acceptors (Lipinski definition) is 3. The first-order chi connectivity index (χ1) is 8.19. The number of halogens is 1. The van der Waals surface area contributed by atoms with Crippen molar-refractivity contribution in [2.45, 2.75) is 12.1 Å². The summed E-state index contributed by atoms with van der Waals surface area (Å²) < 4.78 is 12.8. The minimum atomic E-state index is -0.485. The predicted octanol–water partition coefficient (Wildman–Crippen LogP) is 0.434. The smallest absolute Gasteiger partial charge is 0.272 e. The van der Waals surface area contributed by atoms with Gasteiger partial charge >= 0.3 is 0 Å². The van der Waals surface area contributed by atoms with E-state index in [1.54, 1.807) is 12.1 Å². The van der Waals surface area contributed by atoms with Gasteiger partial charge in [0.2, 0.25) is 0 Å². The van der Waals surface area contributed by atoms with Crippen molar-refractivity contribution < 1.29 is 9.18 Å². The van der Waals surface area contributed by atoms with E-state index in [2.05, 4.69) is 15.6 Å². The van der Waals surface area contributed by atoms with Crippen LogP contribution in [0.25, 0.3) is 0 Å². The van der Waals surface area contributed by atoms with Crippen LogP contribution in [0.1, 0.15) is 12.0 Å². The molecule has 2 N–H and O–H groups in total. The molecule has 0 saturated carbocycles. The van der Waals surface area contributed by atoms with Crippen molar-refractivity contribution >= 4 is 11.6 Å². The van der Waals surface area contributed by atoms with Crippen LogP contribution in [0.15, 0.2) is 29.3 Å². The van der Waals surface area contributed by atoms with E-state index in [1.807, 2.05) is 0 Å². The second-order valence-corrected chi connectivity index (χ2v) is 4.38. The summed E-state index contributed by atoms with van der Waals surface area (Å²) in [4.78, 5) is 16.3. The number of nitrogens with one attached hydrogen (secondary N) is 2. The van der Waals surface area contributed by atoms with E-state index in [0.29, 0.717) is 17.8 Å². The van der Waals surface area contributed by atoms with Crippen LogP contribution in [0, 0.1) is 5.82 Å². The van der Waals surface area contributed by atoms with Gasteiger partial charge in [-0.1, -0.05) is 0 Å². The van der Waals surface area contributed by atoms with Gasteiger partial charge in [0.1, 0.15) is 17.2 Å². The lowest BCUT2D eigenvalue weighted by molar-refractivity contribution is -0.115. The van der Waals surface area contributed by atoms with Crippen LogP contribution in [-0.2, 0) is 4.79 Å². The summed E-state index contributed by atoms with van der Waals surface area (Å²) in [7, 11) is 0. The van der Waals surface area contributed by atoms with Gasteiger partial charge in [-0.25, -0.2) is 9.38 Å². The van der Waals surface area contributed by atoms with Gasteiger partial charge in [-0.05, 0) is 30.8 Å². The van der Waals surface area contributed by atoms with Crippen molar-refractivity contribution in [3.63, 3.8) is 0 Å². The lowest BCUT2D eigenvalue weighted by Gasteiger charge is -2.17. The fourth-order valence-electron chi connectivity index (χ4n) is 2.25. The number of benzene rings is 1. The van der Waals surface area contributed by atoms with Gasteiger partial charge in [0.05, 0.1) is 0 Å². The zero-order valence-electron chi connectivity index (χ0n) is 9.16. The Morgan fingerprint density at radius 3 is 2.71 bits per heavy atom. The van der Waals surface area contributed by atoms with E-state index in [4.69, 9.17) is 0 Å². The summed E-state index contributed by atoms with van der Waals surface area (Å²) in [5.74, 6) is -0.495. The SMILES string of the molecule is O=C1N[C@@]2(CCNC2)N=C1c1ccc(F)cc1. The Hall–Kier alpha value is -1.75. The highest BCUT2D eigenvalue weighted by atomic mass is 19.1. The normalized spacial score (nSPS) is 27.4. The Morgan fingerprint density at radius 2 is 2.06 bits per heavy atom. The number of aliphatic imine (C=N–C) groups is 1. The molecule has 17 heavy (non-hydrogen) atoms. The highest BCUT2D eigenvalue weighted by Gasteiger charge is 2.41. The van der Waals surface area contributed by atoms with E-state index in [0.717, 1.165) is 13.0 Å². The molecule has 1 aromatic carbocycles. The van der Waals surface area contributed by atoms with Crippen molar-refractivity contribution in [2.75, 3.05) is 13.1 Å². The first kappa shape index (κ1) is 10.4. The summed E-state index contributed by atoms with van der Waals surface area (Å²) >= 11 is 0. The molecule has 2 aliphatic rings. The standard InChI is InChI=1S/C12H12FN3O/c13-9-3-1-8(2-4-9)10-11(17)16-12(15-10)5-6-14-7-12/h1-4,14H,5-7H2,(H,16,17)/t12-/m1/s1. The average Bonchev–Trinajstić information content (AvgIpc) is 2.88. The van der Waals surface area contributed by atoms with Crippen molar-refractivity contribution in [1.82, 2.24) is 10.6 Å². The molecule has 88 valence electrons. The lowest BCUT2D eigenvalue weighted by atomic mass is 10.1. The summed E-state index contributed by atoms with van der Waals surface area (Å²) in [6.07, 6.45) is 0.795. The van der Waals surface area contributed by atoms with Crippen LogP contribution < -0.4 is 10.6 Å². The molecule has 4 nitrogen and oxygen atoms in total. The van der Waals surface area contributed by atoms with Gasteiger partial charge in [0, 0.05) is 18.5 Å². The fourth-order valence-corrected chi connectivity index (χ4v) is 2.25. The van der Waals surface area contributed by atoms with Crippen molar-refractivity contribution in [1.29, 1.82) is 0 Å². The molecule has 1 amide bonds. The molecule has 1 spiro atoms. The molecule has 0 bridgehead atoms. The number of amides is 1.